The van der Waals surface area contributed by atoms with Gasteiger partial charge in [-0.05, 0) is 18.9 Å². The molecule has 8 heteroatoms. The van der Waals surface area contributed by atoms with Crippen LogP contribution in [-0.4, -0.2) is 83.9 Å². The minimum Gasteiger partial charge on any atom is -0.381 e. The molecule has 2 saturated heterocycles. The van der Waals surface area contributed by atoms with Crippen LogP contribution in [0.15, 0.2) is 18.5 Å². The zero-order chi connectivity index (χ0) is 17.6. The Bertz CT molecular complexity index is 571. The van der Waals surface area contributed by atoms with Crippen molar-refractivity contribution in [1.82, 2.24) is 24.9 Å². The lowest BCUT2D eigenvalue weighted by molar-refractivity contribution is -0.133. The standard InChI is InChI=1S/C17H27N5O3/c1-18-17(24)14-11-20(15-3-9-25-10-4-15)7-8-21(12-14)16(23)13-22-6-2-5-19-22/h2,5-6,14-15H,3-4,7-13H2,1H3,(H,18,24). The maximum atomic E-state index is 12.7. The summed E-state index contributed by atoms with van der Waals surface area (Å²) >= 11 is 0. The van der Waals surface area contributed by atoms with Gasteiger partial charge in [-0.25, -0.2) is 0 Å². The predicted molar refractivity (Wildman–Crippen MR) is 91.8 cm³/mol. The number of hydrogen-bond acceptors (Lipinski definition) is 5. The first kappa shape index (κ1) is 17.9. The first-order chi connectivity index (χ1) is 12.2. The van der Waals surface area contributed by atoms with Crippen molar-refractivity contribution >= 4 is 11.8 Å². The van der Waals surface area contributed by atoms with Crippen LogP contribution in [0.2, 0.25) is 0 Å². The molecule has 1 N–H and O–H groups in total. The highest BCUT2D eigenvalue weighted by atomic mass is 16.5. The van der Waals surface area contributed by atoms with Crippen LogP contribution in [0, 0.1) is 5.92 Å². The molecule has 138 valence electrons. The van der Waals surface area contributed by atoms with E-state index in [1.165, 1.54) is 0 Å². The molecule has 1 atom stereocenters. The van der Waals surface area contributed by atoms with Crippen molar-refractivity contribution in [1.29, 1.82) is 0 Å². The molecule has 3 heterocycles. The summed E-state index contributed by atoms with van der Waals surface area (Å²) in [5.41, 5.74) is 0. The fourth-order valence-corrected chi connectivity index (χ4v) is 3.65. The Morgan fingerprint density at radius 1 is 1.24 bits per heavy atom. The van der Waals surface area contributed by atoms with Gasteiger partial charge in [0.1, 0.15) is 6.54 Å². The minimum atomic E-state index is -0.211. The van der Waals surface area contributed by atoms with Crippen molar-refractivity contribution in [2.75, 3.05) is 46.4 Å². The van der Waals surface area contributed by atoms with Crippen molar-refractivity contribution in [2.24, 2.45) is 5.92 Å². The maximum Gasteiger partial charge on any atom is 0.244 e. The van der Waals surface area contributed by atoms with E-state index in [1.807, 2.05) is 0 Å². The molecule has 0 radical (unpaired) electrons. The van der Waals surface area contributed by atoms with E-state index < -0.39 is 0 Å². The monoisotopic (exact) mass is 349 g/mol. The van der Waals surface area contributed by atoms with E-state index in [0.29, 0.717) is 25.7 Å². The van der Waals surface area contributed by atoms with Gasteiger partial charge in [-0.15, -0.1) is 0 Å². The third kappa shape index (κ3) is 4.58. The fraction of sp³-hybridized carbons (Fsp3) is 0.706. The second-order valence-corrected chi connectivity index (χ2v) is 6.69. The average Bonchev–Trinajstić information content (AvgIpc) is 3.04. The van der Waals surface area contributed by atoms with Gasteiger partial charge in [0.15, 0.2) is 0 Å². The van der Waals surface area contributed by atoms with E-state index in [2.05, 4.69) is 15.3 Å². The maximum absolute atomic E-state index is 12.7. The molecule has 0 bridgehead atoms. The van der Waals surface area contributed by atoms with Crippen LogP contribution in [0.4, 0.5) is 0 Å². The van der Waals surface area contributed by atoms with Gasteiger partial charge in [0.2, 0.25) is 11.8 Å². The van der Waals surface area contributed by atoms with E-state index in [4.69, 9.17) is 4.74 Å². The number of nitrogens with one attached hydrogen (secondary N) is 1. The van der Waals surface area contributed by atoms with Crippen molar-refractivity contribution in [3.63, 3.8) is 0 Å². The Balaban J connectivity index is 1.68. The zero-order valence-corrected chi connectivity index (χ0v) is 14.8. The van der Waals surface area contributed by atoms with Gasteiger partial charge in [-0.3, -0.25) is 19.2 Å². The van der Waals surface area contributed by atoms with E-state index in [9.17, 15) is 9.59 Å². The molecule has 2 aliphatic heterocycles. The molecule has 1 aromatic heterocycles. The second-order valence-electron chi connectivity index (χ2n) is 6.69. The van der Waals surface area contributed by atoms with Crippen molar-refractivity contribution in [2.45, 2.75) is 25.4 Å². The molecule has 1 aromatic rings. The number of rotatable bonds is 4. The highest BCUT2D eigenvalue weighted by Gasteiger charge is 2.33. The molecule has 0 saturated carbocycles. The number of nitrogens with zero attached hydrogens (tertiary/aromatic N) is 4. The molecular formula is C17H27N5O3. The quantitative estimate of drug-likeness (QED) is 0.798. The molecule has 0 spiro atoms. The van der Waals surface area contributed by atoms with E-state index in [-0.39, 0.29) is 24.3 Å². The van der Waals surface area contributed by atoms with Crippen molar-refractivity contribution in [3.8, 4) is 0 Å². The van der Waals surface area contributed by atoms with Crippen LogP contribution >= 0.6 is 0 Å². The molecule has 1 unspecified atom stereocenters. The summed E-state index contributed by atoms with van der Waals surface area (Å²) in [6.07, 6.45) is 5.42. The van der Waals surface area contributed by atoms with Gasteiger partial charge < -0.3 is 15.0 Å². The molecule has 3 rings (SSSR count). The van der Waals surface area contributed by atoms with Gasteiger partial charge in [0.25, 0.3) is 0 Å². The summed E-state index contributed by atoms with van der Waals surface area (Å²) in [5.74, 6) is -0.209. The van der Waals surface area contributed by atoms with Crippen LogP contribution in [0.5, 0.6) is 0 Å². The predicted octanol–water partition coefficient (Wildman–Crippen LogP) is -0.431. The highest BCUT2D eigenvalue weighted by Crippen LogP contribution is 2.19. The summed E-state index contributed by atoms with van der Waals surface area (Å²) in [7, 11) is 1.65. The molecule has 0 aliphatic carbocycles. The molecule has 0 aromatic carbocycles. The van der Waals surface area contributed by atoms with Gasteiger partial charge in [-0.2, -0.15) is 5.10 Å². The number of ether oxygens (including phenoxy) is 1. The molecule has 2 amide bonds. The molecule has 2 aliphatic rings. The molecule has 2 fully saturated rings. The fourth-order valence-electron chi connectivity index (χ4n) is 3.65. The van der Waals surface area contributed by atoms with Gasteiger partial charge in [0, 0.05) is 64.9 Å². The molecule has 8 nitrogen and oxygen atoms in total. The largest absolute Gasteiger partial charge is 0.381 e. The Morgan fingerprint density at radius 2 is 2.04 bits per heavy atom. The van der Waals surface area contributed by atoms with Crippen molar-refractivity contribution in [3.05, 3.63) is 18.5 Å². The van der Waals surface area contributed by atoms with Crippen molar-refractivity contribution < 1.29 is 14.3 Å². The smallest absolute Gasteiger partial charge is 0.244 e. The molecule has 25 heavy (non-hydrogen) atoms. The first-order valence-corrected chi connectivity index (χ1v) is 8.96. The number of aromatic nitrogens is 2. The lowest BCUT2D eigenvalue weighted by Gasteiger charge is -2.34. The lowest BCUT2D eigenvalue weighted by atomic mass is 10.0. The SMILES string of the molecule is CNC(=O)C1CN(C(=O)Cn2cccn2)CCN(C2CCOCC2)C1. The Hall–Kier alpha value is -1.93. The average molecular weight is 349 g/mol. The van der Waals surface area contributed by atoms with Crippen LogP contribution in [0.25, 0.3) is 0 Å². The number of hydrogen-bond donors (Lipinski definition) is 1. The van der Waals surface area contributed by atoms with Crippen LogP contribution in [0.1, 0.15) is 12.8 Å². The minimum absolute atomic E-state index is 0.00384. The summed E-state index contributed by atoms with van der Waals surface area (Å²) in [6.45, 7) is 4.34. The Kier molecular flexibility index (Phi) is 6.04. The first-order valence-electron chi connectivity index (χ1n) is 8.96. The lowest BCUT2D eigenvalue weighted by Crippen LogP contribution is -2.45. The van der Waals surface area contributed by atoms with E-state index in [1.54, 1.807) is 35.1 Å². The molecular weight excluding hydrogens is 322 g/mol. The van der Waals surface area contributed by atoms with E-state index >= 15 is 0 Å². The Labute approximate surface area is 148 Å². The van der Waals surface area contributed by atoms with Gasteiger partial charge in [-0.1, -0.05) is 0 Å². The van der Waals surface area contributed by atoms with Gasteiger partial charge in [0.05, 0.1) is 5.92 Å². The summed E-state index contributed by atoms with van der Waals surface area (Å²) < 4.78 is 7.08. The normalized spacial score (nSPS) is 23.2. The topological polar surface area (TPSA) is 79.7 Å². The second kappa shape index (κ2) is 8.44. The number of carbonyl (C=O) groups excluding carboxylic acids is 2. The van der Waals surface area contributed by atoms with Crippen LogP contribution in [0.3, 0.4) is 0 Å². The Morgan fingerprint density at radius 3 is 2.72 bits per heavy atom. The van der Waals surface area contributed by atoms with Gasteiger partial charge >= 0.3 is 0 Å². The van der Waals surface area contributed by atoms with Crippen LogP contribution in [-0.2, 0) is 20.9 Å². The highest BCUT2D eigenvalue weighted by molar-refractivity contribution is 5.81. The third-order valence-corrected chi connectivity index (χ3v) is 5.09. The third-order valence-electron chi connectivity index (χ3n) is 5.09. The summed E-state index contributed by atoms with van der Waals surface area (Å²) in [5, 5.41) is 6.84. The summed E-state index contributed by atoms with van der Waals surface area (Å²) in [4.78, 5) is 29.1. The zero-order valence-electron chi connectivity index (χ0n) is 14.8. The summed E-state index contributed by atoms with van der Waals surface area (Å²) in [6, 6.07) is 2.23. The number of carbonyl (C=O) groups is 2. The van der Waals surface area contributed by atoms with E-state index in [0.717, 1.165) is 32.6 Å². The van der Waals surface area contributed by atoms with Crippen LogP contribution < -0.4 is 5.32 Å². The number of amides is 2.